The molecule has 0 saturated heterocycles. The van der Waals surface area contributed by atoms with Gasteiger partial charge < -0.3 is 21.1 Å². The number of nitrogens with two attached hydrogens (primary N) is 1. The Bertz CT molecular complexity index is 640. The van der Waals surface area contributed by atoms with Crippen molar-refractivity contribution in [3.05, 3.63) is 22.7 Å². The minimum Gasteiger partial charge on any atom is -0.495 e. The van der Waals surface area contributed by atoms with Gasteiger partial charge in [0, 0.05) is 36.0 Å². The van der Waals surface area contributed by atoms with Gasteiger partial charge in [-0.15, -0.1) is 12.4 Å². The van der Waals surface area contributed by atoms with Crippen LogP contribution in [-0.2, 0) is 9.59 Å². The van der Waals surface area contributed by atoms with Crippen LogP contribution >= 0.6 is 24.0 Å². The molecule has 1 aliphatic carbocycles. The molecule has 2 unspecified atom stereocenters. The van der Waals surface area contributed by atoms with E-state index in [1.165, 1.54) is 7.11 Å². The Balaban J connectivity index is 0.00000338. The molecular formula is C18H27Cl2N3O3. The van der Waals surface area contributed by atoms with Crippen molar-refractivity contribution in [3.8, 4) is 5.75 Å². The van der Waals surface area contributed by atoms with Crippen LogP contribution in [0.3, 0.4) is 0 Å². The number of anilines is 1. The number of nitrogens with one attached hydrogen (secondary N) is 2. The van der Waals surface area contributed by atoms with E-state index in [2.05, 4.69) is 10.6 Å². The molecule has 2 atom stereocenters. The van der Waals surface area contributed by atoms with Crippen LogP contribution in [0.15, 0.2) is 12.1 Å². The Morgan fingerprint density at radius 3 is 2.73 bits per heavy atom. The summed E-state index contributed by atoms with van der Waals surface area (Å²) in [5.41, 5.74) is 7.33. The molecule has 146 valence electrons. The van der Waals surface area contributed by atoms with E-state index >= 15 is 0 Å². The average Bonchev–Trinajstić information content (AvgIpc) is 2.57. The molecule has 26 heavy (non-hydrogen) atoms. The number of hydrogen-bond donors (Lipinski definition) is 3. The van der Waals surface area contributed by atoms with Crippen LogP contribution < -0.4 is 21.1 Å². The first-order valence-electron chi connectivity index (χ1n) is 8.58. The molecule has 0 aliphatic heterocycles. The molecule has 0 heterocycles. The highest BCUT2D eigenvalue weighted by molar-refractivity contribution is 6.31. The van der Waals surface area contributed by atoms with E-state index in [0.717, 1.165) is 31.2 Å². The van der Waals surface area contributed by atoms with Crippen molar-refractivity contribution in [1.82, 2.24) is 5.32 Å². The average molecular weight is 404 g/mol. The van der Waals surface area contributed by atoms with Crippen LogP contribution in [0.5, 0.6) is 5.75 Å². The summed E-state index contributed by atoms with van der Waals surface area (Å²) in [5.74, 6) is 0.263. The molecule has 1 aromatic rings. The highest BCUT2D eigenvalue weighted by Gasteiger charge is 2.25. The zero-order valence-electron chi connectivity index (χ0n) is 15.1. The lowest BCUT2D eigenvalue weighted by Crippen LogP contribution is -2.38. The van der Waals surface area contributed by atoms with Gasteiger partial charge in [0.15, 0.2) is 0 Å². The summed E-state index contributed by atoms with van der Waals surface area (Å²) in [7, 11) is 1.52. The zero-order valence-corrected chi connectivity index (χ0v) is 16.7. The van der Waals surface area contributed by atoms with Gasteiger partial charge in [-0.25, -0.2) is 0 Å². The second kappa shape index (κ2) is 10.6. The Hall–Kier alpha value is -1.50. The number of rotatable bonds is 6. The van der Waals surface area contributed by atoms with Gasteiger partial charge in [0.1, 0.15) is 5.75 Å². The smallest absolute Gasteiger partial charge is 0.226 e. The van der Waals surface area contributed by atoms with Gasteiger partial charge in [-0.1, -0.05) is 18.0 Å². The highest BCUT2D eigenvalue weighted by atomic mass is 35.5. The van der Waals surface area contributed by atoms with Crippen LogP contribution in [0.2, 0.25) is 5.02 Å². The van der Waals surface area contributed by atoms with E-state index in [1.54, 1.807) is 12.1 Å². The number of amides is 2. The van der Waals surface area contributed by atoms with E-state index in [1.807, 2.05) is 6.92 Å². The molecule has 0 bridgehead atoms. The Morgan fingerprint density at radius 2 is 2.08 bits per heavy atom. The molecular weight excluding hydrogens is 377 g/mol. The SMILES string of the molecule is COc1cc(Cl)c(C)cc1NC(=O)CCNC(=O)C1CCCC(N)C1.Cl. The largest absolute Gasteiger partial charge is 0.495 e. The van der Waals surface area contributed by atoms with Crippen molar-refractivity contribution in [1.29, 1.82) is 0 Å². The van der Waals surface area contributed by atoms with Crippen LogP contribution in [0.4, 0.5) is 5.69 Å². The lowest BCUT2D eigenvalue weighted by molar-refractivity contribution is -0.126. The van der Waals surface area contributed by atoms with Crippen molar-refractivity contribution in [3.63, 3.8) is 0 Å². The quantitative estimate of drug-likeness (QED) is 0.680. The van der Waals surface area contributed by atoms with Crippen molar-refractivity contribution in [2.45, 2.75) is 45.1 Å². The first-order chi connectivity index (χ1) is 11.9. The summed E-state index contributed by atoms with van der Waals surface area (Å²) in [6.07, 6.45) is 3.74. The molecule has 2 amide bonds. The van der Waals surface area contributed by atoms with Crippen LogP contribution in [0, 0.1) is 12.8 Å². The molecule has 1 aromatic carbocycles. The molecule has 0 aromatic heterocycles. The van der Waals surface area contributed by atoms with Crippen LogP contribution in [0.25, 0.3) is 0 Å². The maximum absolute atomic E-state index is 12.1. The topological polar surface area (TPSA) is 93.5 Å². The molecule has 1 aliphatic rings. The van der Waals surface area contributed by atoms with E-state index in [9.17, 15) is 9.59 Å². The molecule has 2 rings (SSSR count). The van der Waals surface area contributed by atoms with Gasteiger partial charge in [-0.3, -0.25) is 9.59 Å². The van der Waals surface area contributed by atoms with Crippen molar-refractivity contribution < 1.29 is 14.3 Å². The van der Waals surface area contributed by atoms with Gasteiger partial charge >= 0.3 is 0 Å². The number of ether oxygens (including phenoxy) is 1. The number of hydrogen-bond acceptors (Lipinski definition) is 4. The summed E-state index contributed by atoms with van der Waals surface area (Å²) in [4.78, 5) is 24.2. The molecule has 1 saturated carbocycles. The van der Waals surface area contributed by atoms with E-state index in [0.29, 0.717) is 23.0 Å². The summed E-state index contributed by atoms with van der Waals surface area (Å²) in [5, 5.41) is 6.20. The third-order valence-electron chi connectivity index (χ3n) is 4.49. The number of aryl methyl sites for hydroxylation is 1. The summed E-state index contributed by atoms with van der Waals surface area (Å²) in [6.45, 7) is 2.15. The number of benzene rings is 1. The third-order valence-corrected chi connectivity index (χ3v) is 4.90. The number of methoxy groups -OCH3 is 1. The first kappa shape index (κ1) is 22.5. The summed E-state index contributed by atoms with van der Waals surface area (Å²) < 4.78 is 5.23. The Kier molecular flexibility index (Phi) is 9.19. The van der Waals surface area contributed by atoms with Gasteiger partial charge in [0.05, 0.1) is 12.8 Å². The molecule has 8 heteroatoms. The second-order valence-electron chi connectivity index (χ2n) is 6.51. The third kappa shape index (κ3) is 6.34. The zero-order chi connectivity index (χ0) is 18.4. The standard InChI is InChI=1S/C18H26ClN3O3.ClH/c1-11-8-15(16(25-2)10-14(11)19)22-17(23)6-7-21-18(24)12-4-3-5-13(20)9-12;/h8,10,12-13H,3-7,9,20H2,1-2H3,(H,21,24)(H,22,23);1H. The predicted molar refractivity (Wildman–Crippen MR) is 106 cm³/mol. The maximum atomic E-state index is 12.1. The van der Waals surface area contributed by atoms with Crippen LogP contribution in [0.1, 0.15) is 37.7 Å². The highest BCUT2D eigenvalue weighted by Crippen LogP contribution is 2.31. The second-order valence-corrected chi connectivity index (χ2v) is 6.92. The fraction of sp³-hybridized carbons (Fsp3) is 0.556. The van der Waals surface area contributed by atoms with Crippen LogP contribution in [-0.4, -0.2) is 31.5 Å². The fourth-order valence-corrected chi connectivity index (χ4v) is 3.21. The van der Waals surface area contributed by atoms with Gasteiger partial charge in [0.25, 0.3) is 0 Å². The lowest BCUT2D eigenvalue weighted by Gasteiger charge is -2.25. The molecule has 4 N–H and O–H groups in total. The lowest BCUT2D eigenvalue weighted by atomic mass is 9.85. The van der Waals surface area contributed by atoms with E-state index < -0.39 is 0 Å². The Labute approximate surface area is 165 Å². The Morgan fingerprint density at radius 1 is 1.35 bits per heavy atom. The molecule has 1 fully saturated rings. The van der Waals surface area contributed by atoms with E-state index in [-0.39, 0.29) is 42.6 Å². The maximum Gasteiger partial charge on any atom is 0.226 e. The molecule has 0 spiro atoms. The van der Waals surface area contributed by atoms with Crippen molar-refractivity contribution >= 4 is 41.5 Å². The van der Waals surface area contributed by atoms with Gasteiger partial charge in [0.2, 0.25) is 11.8 Å². The van der Waals surface area contributed by atoms with Gasteiger partial charge in [-0.2, -0.15) is 0 Å². The van der Waals surface area contributed by atoms with E-state index in [4.69, 9.17) is 22.1 Å². The minimum atomic E-state index is -0.194. The fourth-order valence-electron chi connectivity index (χ4n) is 3.05. The molecule has 6 nitrogen and oxygen atoms in total. The predicted octanol–water partition coefficient (Wildman–Crippen LogP) is 3.04. The van der Waals surface area contributed by atoms with Gasteiger partial charge in [-0.05, 0) is 37.8 Å². The normalized spacial score (nSPS) is 19.2. The monoisotopic (exact) mass is 403 g/mol. The minimum absolute atomic E-state index is 0. The summed E-state index contributed by atoms with van der Waals surface area (Å²) >= 11 is 6.05. The summed E-state index contributed by atoms with van der Waals surface area (Å²) in [6, 6.07) is 3.54. The van der Waals surface area contributed by atoms with Crippen molar-refractivity contribution in [2.24, 2.45) is 11.7 Å². The number of carbonyl (C=O) groups is 2. The van der Waals surface area contributed by atoms with Crippen molar-refractivity contribution in [2.75, 3.05) is 19.0 Å². The first-order valence-corrected chi connectivity index (χ1v) is 8.95. The number of carbonyl (C=O) groups excluding carboxylic acids is 2. The number of halogens is 2. The molecule has 0 radical (unpaired) electrons.